The lowest BCUT2D eigenvalue weighted by molar-refractivity contribution is -0.118. The summed E-state index contributed by atoms with van der Waals surface area (Å²) in [5, 5.41) is 2.65. The maximum Gasteiger partial charge on any atom is 0.269 e. The molecule has 1 heterocycles. The number of halogens is 1. The van der Waals surface area contributed by atoms with Crippen LogP contribution in [0.5, 0.6) is 0 Å². The first-order chi connectivity index (χ1) is 7.59. The zero-order chi connectivity index (χ0) is 12.0. The van der Waals surface area contributed by atoms with Crippen LogP contribution >= 0.6 is 15.9 Å². The third kappa shape index (κ3) is 4.39. The van der Waals surface area contributed by atoms with Crippen LogP contribution in [0.2, 0.25) is 0 Å². The Balaban J connectivity index is 2.38. The highest BCUT2D eigenvalue weighted by atomic mass is 79.9. The number of nitrogens with one attached hydrogen (secondary N) is 1. The fourth-order valence-corrected chi connectivity index (χ4v) is 1.43. The lowest BCUT2D eigenvalue weighted by Crippen LogP contribution is -2.26. The zero-order valence-electron chi connectivity index (χ0n) is 8.57. The molecule has 3 N–H and O–H groups in total. The Bertz CT molecular complexity index is 395. The van der Waals surface area contributed by atoms with Gasteiger partial charge in [-0.3, -0.25) is 9.59 Å². The van der Waals surface area contributed by atoms with Crippen molar-refractivity contribution in [3.05, 3.63) is 28.5 Å². The SMILES string of the molecule is NC(=O)CCCNC(=O)c1cccc(Br)n1. The van der Waals surface area contributed by atoms with E-state index in [1.807, 2.05) is 0 Å². The highest BCUT2D eigenvalue weighted by Gasteiger charge is 2.06. The van der Waals surface area contributed by atoms with Gasteiger partial charge < -0.3 is 11.1 Å². The van der Waals surface area contributed by atoms with E-state index in [-0.39, 0.29) is 18.2 Å². The first kappa shape index (κ1) is 12.6. The van der Waals surface area contributed by atoms with Crippen LogP contribution in [0.4, 0.5) is 0 Å². The lowest BCUT2D eigenvalue weighted by atomic mass is 10.3. The lowest BCUT2D eigenvalue weighted by Gasteiger charge is -2.03. The molecule has 1 rings (SSSR count). The second-order valence-corrected chi connectivity index (χ2v) is 3.98. The van der Waals surface area contributed by atoms with E-state index >= 15 is 0 Å². The van der Waals surface area contributed by atoms with Gasteiger partial charge in [-0.2, -0.15) is 0 Å². The number of aromatic nitrogens is 1. The molecule has 0 saturated carbocycles. The van der Waals surface area contributed by atoms with Crippen molar-refractivity contribution >= 4 is 27.7 Å². The van der Waals surface area contributed by atoms with Crippen LogP contribution in [0.15, 0.2) is 22.8 Å². The van der Waals surface area contributed by atoms with Gasteiger partial charge in [0, 0.05) is 13.0 Å². The molecular weight excluding hydrogens is 274 g/mol. The Morgan fingerprint density at radius 3 is 2.81 bits per heavy atom. The predicted molar refractivity (Wildman–Crippen MR) is 62.7 cm³/mol. The van der Waals surface area contributed by atoms with Crippen molar-refractivity contribution < 1.29 is 9.59 Å². The van der Waals surface area contributed by atoms with Gasteiger partial charge >= 0.3 is 0 Å². The molecule has 0 bridgehead atoms. The Labute approximate surface area is 102 Å². The summed E-state index contributed by atoms with van der Waals surface area (Å²) >= 11 is 3.18. The number of amides is 2. The number of nitrogens with two attached hydrogens (primary N) is 1. The van der Waals surface area contributed by atoms with Crippen LogP contribution in [-0.2, 0) is 4.79 Å². The quantitative estimate of drug-likeness (QED) is 0.621. The van der Waals surface area contributed by atoms with E-state index < -0.39 is 0 Å². The number of rotatable bonds is 5. The highest BCUT2D eigenvalue weighted by molar-refractivity contribution is 9.10. The zero-order valence-corrected chi connectivity index (χ0v) is 10.2. The van der Waals surface area contributed by atoms with E-state index in [0.717, 1.165) is 0 Å². The van der Waals surface area contributed by atoms with Crippen LogP contribution in [0.3, 0.4) is 0 Å². The van der Waals surface area contributed by atoms with E-state index in [4.69, 9.17) is 5.73 Å². The van der Waals surface area contributed by atoms with Gasteiger partial charge in [-0.25, -0.2) is 4.98 Å². The monoisotopic (exact) mass is 285 g/mol. The van der Waals surface area contributed by atoms with Crippen LogP contribution in [0, 0.1) is 0 Å². The topological polar surface area (TPSA) is 85.1 Å². The van der Waals surface area contributed by atoms with Crippen molar-refractivity contribution in [3.8, 4) is 0 Å². The van der Waals surface area contributed by atoms with Gasteiger partial charge in [-0.15, -0.1) is 0 Å². The van der Waals surface area contributed by atoms with Crippen molar-refractivity contribution in [2.45, 2.75) is 12.8 Å². The molecule has 6 heteroatoms. The molecule has 5 nitrogen and oxygen atoms in total. The van der Waals surface area contributed by atoms with Crippen LogP contribution in [0.1, 0.15) is 23.3 Å². The van der Waals surface area contributed by atoms with Crippen molar-refractivity contribution in [2.24, 2.45) is 5.73 Å². The van der Waals surface area contributed by atoms with Crippen LogP contribution in [-0.4, -0.2) is 23.3 Å². The molecule has 0 aromatic carbocycles. The molecule has 0 saturated heterocycles. The molecule has 0 fully saturated rings. The molecule has 0 atom stereocenters. The maximum absolute atomic E-state index is 11.5. The summed E-state index contributed by atoms with van der Waals surface area (Å²) in [5.74, 6) is -0.624. The fourth-order valence-electron chi connectivity index (χ4n) is 1.09. The average molecular weight is 286 g/mol. The van der Waals surface area contributed by atoms with E-state index in [1.54, 1.807) is 18.2 Å². The number of primary amides is 1. The van der Waals surface area contributed by atoms with Gasteiger partial charge in [0.2, 0.25) is 5.91 Å². The Kier molecular flexibility index (Phi) is 4.91. The summed E-state index contributed by atoms with van der Waals surface area (Å²) in [6.45, 7) is 0.413. The standard InChI is InChI=1S/C10H12BrN3O2/c11-8-4-1-3-7(14-8)10(16)13-6-2-5-9(12)15/h1,3-4H,2,5-6H2,(H2,12,15)(H,13,16). The van der Waals surface area contributed by atoms with Gasteiger partial charge in [0.15, 0.2) is 0 Å². The summed E-state index contributed by atoms with van der Waals surface area (Å²) in [6, 6.07) is 5.09. The molecular formula is C10H12BrN3O2. The van der Waals surface area contributed by atoms with E-state index in [1.165, 1.54) is 0 Å². The molecule has 1 aromatic heterocycles. The first-order valence-corrected chi connectivity index (χ1v) is 5.58. The molecule has 86 valence electrons. The molecule has 2 amide bonds. The van der Waals surface area contributed by atoms with Crippen molar-refractivity contribution in [3.63, 3.8) is 0 Å². The van der Waals surface area contributed by atoms with Crippen molar-refractivity contribution in [2.75, 3.05) is 6.54 Å². The third-order valence-corrected chi connectivity index (χ3v) is 2.27. The summed E-state index contributed by atoms with van der Waals surface area (Å²) in [7, 11) is 0. The second-order valence-electron chi connectivity index (χ2n) is 3.17. The average Bonchev–Trinajstić information content (AvgIpc) is 2.24. The predicted octanol–water partition coefficient (Wildman–Crippen LogP) is 0.839. The number of nitrogens with zero attached hydrogens (tertiary/aromatic N) is 1. The Morgan fingerprint density at radius 2 is 2.19 bits per heavy atom. The van der Waals surface area contributed by atoms with Gasteiger partial charge in [0.05, 0.1) is 0 Å². The largest absolute Gasteiger partial charge is 0.370 e. The first-order valence-electron chi connectivity index (χ1n) is 4.78. The molecule has 1 aromatic rings. The molecule has 0 spiro atoms. The fraction of sp³-hybridized carbons (Fsp3) is 0.300. The number of pyridine rings is 1. The second kappa shape index (κ2) is 6.22. The van der Waals surface area contributed by atoms with E-state index in [9.17, 15) is 9.59 Å². The molecule has 0 radical (unpaired) electrons. The summed E-state index contributed by atoms with van der Waals surface area (Å²) in [6.07, 6.45) is 0.807. The smallest absolute Gasteiger partial charge is 0.269 e. The Hall–Kier alpha value is -1.43. The Morgan fingerprint density at radius 1 is 1.44 bits per heavy atom. The molecule has 0 aliphatic heterocycles. The van der Waals surface area contributed by atoms with Gasteiger partial charge in [-0.05, 0) is 34.5 Å². The molecule has 16 heavy (non-hydrogen) atoms. The van der Waals surface area contributed by atoms with Crippen molar-refractivity contribution in [1.82, 2.24) is 10.3 Å². The minimum atomic E-state index is -0.366. The highest BCUT2D eigenvalue weighted by Crippen LogP contribution is 2.05. The minimum absolute atomic E-state index is 0.259. The number of hydrogen-bond acceptors (Lipinski definition) is 3. The molecule has 0 aliphatic rings. The van der Waals surface area contributed by atoms with Crippen LogP contribution < -0.4 is 11.1 Å². The third-order valence-electron chi connectivity index (χ3n) is 1.83. The summed E-state index contributed by atoms with van der Waals surface area (Å²) < 4.78 is 0.609. The number of carbonyl (C=O) groups is 2. The van der Waals surface area contributed by atoms with Crippen LogP contribution in [0.25, 0.3) is 0 Å². The van der Waals surface area contributed by atoms with E-state index in [2.05, 4.69) is 26.2 Å². The van der Waals surface area contributed by atoms with Gasteiger partial charge in [-0.1, -0.05) is 6.07 Å². The van der Waals surface area contributed by atoms with E-state index in [0.29, 0.717) is 23.3 Å². The van der Waals surface area contributed by atoms with Crippen molar-refractivity contribution in [1.29, 1.82) is 0 Å². The number of carbonyl (C=O) groups excluding carboxylic acids is 2. The van der Waals surface area contributed by atoms with Gasteiger partial charge in [0.1, 0.15) is 10.3 Å². The number of hydrogen-bond donors (Lipinski definition) is 2. The summed E-state index contributed by atoms with van der Waals surface area (Å²) in [5.41, 5.74) is 5.31. The molecule has 0 aliphatic carbocycles. The minimum Gasteiger partial charge on any atom is -0.370 e. The van der Waals surface area contributed by atoms with Gasteiger partial charge in [0.25, 0.3) is 5.91 Å². The summed E-state index contributed by atoms with van der Waals surface area (Å²) in [4.78, 5) is 26.0. The normalized spacial score (nSPS) is 9.81. The molecule has 0 unspecified atom stereocenters. The maximum atomic E-state index is 11.5.